The van der Waals surface area contributed by atoms with Crippen LogP contribution in [0.25, 0.3) is 0 Å². The van der Waals surface area contributed by atoms with Crippen molar-refractivity contribution in [2.45, 2.75) is 88.7 Å². The fourth-order valence-electron chi connectivity index (χ4n) is 4.91. The molecule has 0 aromatic heterocycles. The van der Waals surface area contributed by atoms with Gasteiger partial charge < -0.3 is 39.2 Å². The quantitative estimate of drug-likeness (QED) is 0.167. The summed E-state index contributed by atoms with van der Waals surface area (Å²) in [6, 6.07) is 20.0. The Bertz CT molecular complexity index is 1480. The number of alkyl halides is 1. The van der Waals surface area contributed by atoms with Gasteiger partial charge in [0.2, 0.25) is 0 Å². The summed E-state index contributed by atoms with van der Waals surface area (Å²) in [6.07, 6.45) is 7.33. The molecule has 4 heterocycles. The van der Waals surface area contributed by atoms with Crippen LogP contribution in [0.1, 0.15) is 57.6 Å². The van der Waals surface area contributed by atoms with Crippen molar-refractivity contribution < 1.29 is 38.4 Å². The smallest absolute Gasteiger partial charge is 0.410 e. The summed E-state index contributed by atoms with van der Waals surface area (Å²) < 4.78 is 19.6. The Hall–Kier alpha value is -4.60. The first-order valence-electron chi connectivity index (χ1n) is 17.9. The number of methoxy groups -OCH3 is 2. The molecule has 4 atom stereocenters. The lowest BCUT2D eigenvalue weighted by atomic mass is 10.1. The van der Waals surface area contributed by atoms with E-state index < -0.39 is 5.60 Å². The van der Waals surface area contributed by atoms with E-state index in [-0.39, 0.29) is 42.8 Å². The third kappa shape index (κ3) is 16.2. The molecule has 0 aliphatic carbocycles. The minimum Gasteiger partial charge on any atom is -0.468 e. The molecule has 14 nitrogen and oxygen atoms in total. The van der Waals surface area contributed by atoms with Gasteiger partial charge >= 0.3 is 18.0 Å². The number of benzene rings is 2. The van der Waals surface area contributed by atoms with Crippen molar-refractivity contribution in [3.8, 4) is 12.4 Å². The van der Waals surface area contributed by atoms with Crippen LogP contribution in [0, 0.1) is 22.9 Å². The van der Waals surface area contributed by atoms with E-state index in [1.165, 1.54) is 30.2 Å². The van der Waals surface area contributed by atoms with Crippen LogP contribution < -0.4 is 5.32 Å². The number of hydrogen-bond donors (Lipinski definition) is 2. The number of rotatable bonds is 8. The van der Waals surface area contributed by atoms with Crippen LogP contribution in [0.3, 0.4) is 0 Å². The number of ether oxygens (including phenoxy) is 4. The molecule has 0 saturated carbocycles. The zero-order valence-corrected chi connectivity index (χ0v) is 32.7. The van der Waals surface area contributed by atoms with Crippen LogP contribution in [-0.4, -0.2) is 121 Å². The van der Waals surface area contributed by atoms with Gasteiger partial charge in [-0.25, -0.2) is 9.59 Å². The number of nitrogens with zero attached hydrogens (tertiary/aromatic N) is 5. The SMILES string of the molecule is CC(C)(C)OC(=O)N1CCC1CO.COC(=O)C1CCN1.COC(=O)C1CCN1C#N.ClCc1ccccc1.N#CN1CCC1COCc1ccccc1. The fourth-order valence-corrected chi connectivity index (χ4v) is 5.09. The first-order chi connectivity index (χ1) is 25.9. The number of nitriles is 2. The highest BCUT2D eigenvalue weighted by Crippen LogP contribution is 2.21. The monoisotopic (exact) mass is 770 g/mol. The lowest BCUT2D eigenvalue weighted by Gasteiger charge is -2.40. The number of carbonyl (C=O) groups is 3. The van der Waals surface area contributed by atoms with Crippen molar-refractivity contribution in [3.63, 3.8) is 0 Å². The highest BCUT2D eigenvalue weighted by Gasteiger charge is 2.35. The standard InChI is InChI=1S/C12H14N2O.C9H17NO3.C7H7Cl.C6H8N2O2.C5H9NO2/c13-10-14-7-6-12(14)9-15-8-11-4-2-1-3-5-11;1-9(2,3)13-8(12)10-5-4-7(10)6-11;8-6-7-4-2-1-3-5-7;1-10-6(9)5-2-3-8(5)4-7;1-8-5(7)4-2-3-6-4/h1-5,12H,6-9H2;7,11H,4-6H2,1-3H3;1-5H,6H2;5H,2-3H2,1H3;4,6H,2-3H2,1H3. The van der Waals surface area contributed by atoms with Gasteiger partial charge in [-0.15, -0.1) is 11.6 Å². The second-order valence-electron chi connectivity index (χ2n) is 13.6. The molecule has 4 fully saturated rings. The summed E-state index contributed by atoms with van der Waals surface area (Å²) >= 11 is 5.53. The van der Waals surface area contributed by atoms with Crippen LogP contribution in [0.2, 0.25) is 0 Å². The van der Waals surface area contributed by atoms with Gasteiger partial charge in [0.05, 0.1) is 46.1 Å². The Labute approximate surface area is 324 Å². The molecular weight excluding hydrogens is 716 g/mol. The van der Waals surface area contributed by atoms with E-state index in [1.807, 2.05) is 87.6 Å². The van der Waals surface area contributed by atoms with E-state index in [9.17, 15) is 14.4 Å². The van der Waals surface area contributed by atoms with E-state index in [4.69, 9.17) is 36.7 Å². The summed E-state index contributed by atoms with van der Waals surface area (Å²) in [7, 11) is 2.73. The topological polar surface area (TPSA) is 178 Å². The summed E-state index contributed by atoms with van der Waals surface area (Å²) in [5.74, 6) is 0.157. The van der Waals surface area contributed by atoms with Gasteiger partial charge in [-0.2, -0.15) is 10.5 Å². The highest BCUT2D eigenvalue weighted by atomic mass is 35.5. The molecule has 0 spiro atoms. The Morgan fingerprint density at radius 3 is 1.72 bits per heavy atom. The van der Waals surface area contributed by atoms with Crippen molar-refractivity contribution in [2.75, 3.05) is 53.6 Å². The average molecular weight is 771 g/mol. The van der Waals surface area contributed by atoms with Gasteiger partial charge in [0.1, 0.15) is 17.7 Å². The molecular formula is C39H55ClN6O8. The molecule has 0 bridgehead atoms. The van der Waals surface area contributed by atoms with Crippen LogP contribution in [0.4, 0.5) is 4.79 Å². The van der Waals surface area contributed by atoms with E-state index in [0.717, 1.165) is 38.8 Å². The fraction of sp³-hybridized carbons (Fsp3) is 0.564. The van der Waals surface area contributed by atoms with Gasteiger partial charge in [0.25, 0.3) is 0 Å². The number of aliphatic hydroxyl groups is 1. The van der Waals surface area contributed by atoms with Crippen LogP contribution in [-0.2, 0) is 41.0 Å². The molecule has 296 valence electrons. The number of nitrogens with one attached hydrogen (secondary N) is 1. The van der Waals surface area contributed by atoms with E-state index in [2.05, 4.69) is 21.0 Å². The zero-order chi connectivity index (χ0) is 39.9. The molecule has 54 heavy (non-hydrogen) atoms. The number of hydrogen-bond acceptors (Lipinski definition) is 13. The molecule has 2 aromatic carbocycles. The van der Waals surface area contributed by atoms with Gasteiger partial charge in [-0.3, -0.25) is 9.69 Å². The Kier molecular flexibility index (Phi) is 20.8. The van der Waals surface area contributed by atoms with Crippen molar-refractivity contribution in [2.24, 2.45) is 0 Å². The molecule has 4 saturated heterocycles. The molecule has 2 N–H and O–H groups in total. The summed E-state index contributed by atoms with van der Waals surface area (Å²) in [6.45, 7) is 10.0. The third-order valence-corrected chi connectivity index (χ3v) is 8.91. The molecule has 15 heteroatoms. The van der Waals surface area contributed by atoms with Crippen molar-refractivity contribution in [1.29, 1.82) is 10.5 Å². The maximum atomic E-state index is 11.4. The van der Waals surface area contributed by atoms with E-state index >= 15 is 0 Å². The van der Waals surface area contributed by atoms with Gasteiger partial charge in [0.15, 0.2) is 12.4 Å². The maximum Gasteiger partial charge on any atom is 0.410 e. The zero-order valence-electron chi connectivity index (χ0n) is 32.0. The Morgan fingerprint density at radius 1 is 0.833 bits per heavy atom. The number of aliphatic hydroxyl groups excluding tert-OH is 1. The molecule has 0 radical (unpaired) electrons. The summed E-state index contributed by atoms with van der Waals surface area (Å²) in [5.41, 5.74) is 1.90. The first kappa shape index (κ1) is 45.6. The lowest BCUT2D eigenvalue weighted by Crippen LogP contribution is -2.54. The second-order valence-corrected chi connectivity index (χ2v) is 13.9. The lowest BCUT2D eigenvalue weighted by molar-refractivity contribution is -0.149. The van der Waals surface area contributed by atoms with Gasteiger partial charge in [-0.1, -0.05) is 60.7 Å². The number of likely N-dealkylation sites (tertiary alicyclic amines) is 3. The second kappa shape index (κ2) is 24.7. The Morgan fingerprint density at radius 2 is 1.39 bits per heavy atom. The predicted molar refractivity (Wildman–Crippen MR) is 202 cm³/mol. The molecule has 4 aliphatic heterocycles. The van der Waals surface area contributed by atoms with Crippen molar-refractivity contribution in [1.82, 2.24) is 20.0 Å². The molecule has 4 unspecified atom stereocenters. The minimum absolute atomic E-state index is 0.0139. The predicted octanol–water partition coefficient (Wildman–Crippen LogP) is 4.41. The maximum absolute atomic E-state index is 11.4. The minimum atomic E-state index is -0.452. The largest absolute Gasteiger partial charge is 0.468 e. The normalized spacial score (nSPS) is 20.3. The molecule has 2 aromatic rings. The van der Waals surface area contributed by atoms with E-state index in [0.29, 0.717) is 38.2 Å². The summed E-state index contributed by atoms with van der Waals surface area (Å²) in [4.78, 5) is 37.4. The highest BCUT2D eigenvalue weighted by molar-refractivity contribution is 6.17. The third-order valence-electron chi connectivity index (χ3n) is 8.60. The van der Waals surface area contributed by atoms with Crippen LogP contribution in [0.5, 0.6) is 0 Å². The van der Waals surface area contributed by atoms with Gasteiger partial charge in [-0.05, 0) is 64.1 Å². The summed E-state index contributed by atoms with van der Waals surface area (Å²) in [5, 5.41) is 28.8. The average Bonchev–Trinajstić information content (AvgIpc) is 3.09. The number of amides is 1. The molecule has 6 rings (SSSR count). The van der Waals surface area contributed by atoms with Crippen LogP contribution >= 0.6 is 11.6 Å². The van der Waals surface area contributed by atoms with Crippen LogP contribution in [0.15, 0.2) is 60.7 Å². The Balaban J connectivity index is 0.000000239. The number of halogens is 1. The van der Waals surface area contributed by atoms with Crippen molar-refractivity contribution in [3.05, 3.63) is 71.8 Å². The first-order valence-corrected chi connectivity index (χ1v) is 18.5. The van der Waals surface area contributed by atoms with Crippen molar-refractivity contribution >= 4 is 29.6 Å². The molecule has 4 aliphatic rings. The number of esters is 2. The number of carbonyl (C=O) groups excluding carboxylic acids is 3. The van der Waals surface area contributed by atoms with E-state index in [1.54, 1.807) is 9.80 Å². The molecule has 1 amide bonds. The van der Waals surface area contributed by atoms with Gasteiger partial charge in [0, 0.05) is 25.5 Å².